The first-order valence-electron chi connectivity index (χ1n) is 18.3. The first kappa shape index (κ1) is 30.5. The standard InChI is InChI=1S/C49H31N3O2/c1-3-12-30(13-4-1)32-22-23-34-27-35(25-24-33(34)26-32)47-50-48(39-18-11-21-43-45(39)37-16-7-9-19-41(37)53-43)52-49(51-47)40-28-36(31-14-5-2-6-15-31)29-44-46(40)38-17-8-10-20-42(38)54-44/h1-29,38,42H. The SMILES string of the molecule is C1=CC2Oc3cc(-c4ccccc4)cc(-c4nc(-c5ccc6cc(-c7ccccc7)ccc6c5)nc(-c5cccc6oc7ccccc7c56)n4)c3C2C=C1. The summed E-state index contributed by atoms with van der Waals surface area (Å²) in [6.45, 7) is 0. The summed E-state index contributed by atoms with van der Waals surface area (Å²) in [4.78, 5) is 15.9. The van der Waals surface area contributed by atoms with Gasteiger partial charge in [0.25, 0.3) is 0 Å². The van der Waals surface area contributed by atoms with Crippen LogP contribution < -0.4 is 4.74 Å². The Morgan fingerprint density at radius 1 is 0.444 bits per heavy atom. The maximum absolute atomic E-state index is 6.63. The Morgan fingerprint density at radius 2 is 1.09 bits per heavy atom. The average molecular weight is 694 g/mol. The molecule has 0 saturated carbocycles. The molecule has 254 valence electrons. The lowest BCUT2D eigenvalue weighted by molar-refractivity contribution is 0.269. The second-order valence-corrected chi connectivity index (χ2v) is 13.9. The van der Waals surface area contributed by atoms with Gasteiger partial charge in [0, 0.05) is 38.9 Å². The van der Waals surface area contributed by atoms with E-state index in [1.165, 1.54) is 11.1 Å². The molecule has 5 heteroatoms. The van der Waals surface area contributed by atoms with E-state index in [0.717, 1.165) is 71.8 Å². The van der Waals surface area contributed by atoms with Crippen LogP contribution in [0.4, 0.5) is 0 Å². The van der Waals surface area contributed by atoms with Gasteiger partial charge in [0.2, 0.25) is 0 Å². The van der Waals surface area contributed by atoms with E-state index in [9.17, 15) is 0 Å². The highest BCUT2D eigenvalue weighted by atomic mass is 16.5. The van der Waals surface area contributed by atoms with Gasteiger partial charge in [0.05, 0.1) is 0 Å². The van der Waals surface area contributed by atoms with E-state index < -0.39 is 0 Å². The number of benzene rings is 7. The van der Waals surface area contributed by atoms with Gasteiger partial charge in [-0.2, -0.15) is 0 Å². The van der Waals surface area contributed by atoms with E-state index >= 15 is 0 Å². The number of hydrogen-bond acceptors (Lipinski definition) is 5. The van der Waals surface area contributed by atoms with E-state index in [1.54, 1.807) is 0 Å². The Bertz CT molecular complexity index is 2980. The first-order chi connectivity index (χ1) is 26.7. The summed E-state index contributed by atoms with van der Waals surface area (Å²) >= 11 is 0. The topological polar surface area (TPSA) is 61.0 Å². The van der Waals surface area contributed by atoms with E-state index in [1.807, 2.05) is 42.5 Å². The fourth-order valence-corrected chi connectivity index (χ4v) is 8.06. The van der Waals surface area contributed by atoms with Crippen molar-refractivity contribution in [1.29, 1.82) is 0 Å². The van der Waals surface area contributed by atoms with Crippen LogP contribution in [0.15, 0.2) is 180 Å². The van der Waals surface area contributed by atoms with Crippen molar-refractivity contribution in [1.82, 2.24) is 15.0 Å². The second kappa shape index (κ2) is 12.2. The third kappa shape index (κ3) is 5.05. The van der Waals surface area contributed by atoms with Crippen molar-refractivity contribution < 1.29 is 9.15 Å². The van der Waals surface area contributed by atoms with Gasteiger partial charge < -0.3 is 9.15 Å². The van der Waals surface area contributed by atoms with Crippen LogP contribution in [-0.2, 0) is 0 Å². The molecule has 9 aromatic rings. The number of ether oxygens (including phenoxy) is 1. The van der Waals surface area contributed by atoms with Gasteiger partial charge >= 0.3 is 0 Å². The highest BCUT2D eigenvalue weighted by molar-refractivity contribution is 6.11. The highest BCUT2D eigenvalue weighted by Gasteiger charge is 2.36. The lowest BCUT2D eigenvalue weighted by Gasteiger charge is -2.17. The molecule has 1 aliphatic heterocycles. The van der Waals surface area contributed by atoms with Crippen molar-refractivity contribution in [2.45, 2.75) is 12.0 Å². The van der Waals surface area contributed by atoms with Gasteiger partial charge in [-0.3, -0.25) is 0 Å². The minimum atomic E-state index is -0.0946. The van der Waals surface area contributed by atoms with Crippen molar-refractivity contribution in [2.24, 2.45) is 0 Å². The van der Waals surface area contributed by atoms with Crippen LogP contribution in [0.25, 0.3) is 89.1 Å². The molecule has 2 aromatic heterocycles. The maximum atomic E-state index is 6.63. The van der Waals surface area contributed by atoms with Crippen molar-refractivity contribution in [2.75, 3.05) is 0 Å². The minimum Gasteiger partial charge on any atom is -0.485 e. The molecule has 3 heterocycles. The largest absolute Gasteiger partial charge is 0.485 e. The number of nitrogens with zero attached hydrogens (tertiary/aromatic N) is 3. The van der Waals surface area contributed by atoms with Crippen LogP contribution in [0, 0.1) is 0 Å². The van der Waals surface area contributed by atoms with Gasteiger partial charge in [-0.05, 0) is 75.5 Å². The number of rotatable bonds is 5. The lowest BCUT2D eigenvalue weighted by atomic mass is 9.87. The molecule has 5 nitrogen and oxygen atoms in total. The molecule has 0 radical (unpaired) electrons. The summed E-state index contributed by atoms with van der Waals surface area (Å²) in [7, 11) is 0. The molecular formula is C49H31N3O2. The molecule has 0 fully saturated rings. The smallest absolute Gasteiger partial charge is 0.164 e. The molecule has 0 amide bonds. The molecule has 2 atom stereocenters. The average Bonchev–Trinajstić information content (AvgIpc) is 3.82. The van der Waals surface area contributed by atoms with Crippen molar-refractivity contribution in [3.05, 3.63) is 182 Å². The van der Waals surface area contributed by atoms with Gasteiger partial charge in [-0.1, -0.05) is 133 Å². The molecule has 0 saturated heterocycles. The Hall–Kier alpha value is -7.11. The number of aromatic nitrogens is 3. The Morgan fingerprint density at radius 3 is 1.91 bits per heavy atom. The Balaban J connectivity index is 1.15. The summed E-state index contributed by atoms with van der Waals surface area (Å²) in [5, 5.41) is 4.27. The van der Waals surface area contributed by atoms with Crippen LogP contribution in [0.2, 0.25) is 0 Å². The van der Waals surface area contributed by atoms with Crippen molar-refractivity contribution in [3.8, 4) is 62.2 Å². The third-order valence-corrected chi connectivity index (χ3v) is 10.7. The van der Waals surface area contributed by atoms with Crippen LogP contribution >= 0.6 is 0 Å². The quantitative estimate of drug-likeness (QED) is 0.180. The van der Waals surface area contributed by atoms with Crippen LogP contribution in [0.3, 0.4) is 0 Å². The first-order valence-corrected chi connectivity index (χ1v) is 18.3. The van der Waals surface area contributed by atoms with E-state index in [0.29, 0.717) is 17.5 Å². The number of allylic oxidation sites excluding steroid dienone is 2. The molecule has 1 aliphatic carbocycles. The summed E-state index contributed by atoms with van der Waals surface area (Å²) in [5.74, 6) is 2.67. The number of fused-ring (bicyclic) bond motifs is 7. The van der Waals surface area contributed by atoms with Crippen LogP contribution in [0.5, 0.6) is 5.75 Å². The molecule has 54 heavy (non-hydrogen) atoms. The zero-order valence-electron chi connectivity index (χ0n) is 29.1. The lowest BCUT2D eigenvalue weighted by Crippen LogP contribution is -2.16. The van der Waals surface area contributed by atoms with Crippen LogP contribution in [-0.4, -0.2) is 21.1 Å². The van der Waals surface area contributed by atoms with Gasteiger partial charge in [0.1, 0.15) is 23.0 Å². The molecule has 2 unspecified atom stereocenters. The van der Waals surface area contributed by atoms with Gasteiger partial charge in [-0.15, -0.1) is 0 Å². The Kier molecular flexibility index (Phi) is 6.92. The predicted octanol–water partition coefficient (Wildman–Crippen LogP) is 12.2. The molecule has 0 bridgehead atoms. The molecule has 0 N–H and O–H groups in total. The minimum absolute atomic E-state index is 0.0363. The van der Waals surface area contributed by atoms with Crippen molar-refractivity contribution >= 4 is 32.7 Å². The van der Waals surface area contributed by atoms with E-state index in [-0.39, 0.29) is 12.0 Å². The Labute approximate surface area is 311 Å². The van der Waals surface area contributed by atoms with Gasteiger partial charge in [0.15, 0.2) is 17.5 Å². The number of furan rings is 1. The predicted molar refractivity (Wildman–Crippen MR) is 217 cm³/mol. The normalized spacial score (nSPS) is 15.8. The summed E-state index contributed by atoms with van der Waals surface area (Å²) in [6, 6.07) is 52.5. The van der Waals surface area contributed by atoms with Gasteiger partial charge in [-0.25, -0.2) is 15.0 Å². The third-order valence-electron chi connectivity index (χ3n) is 10.7. The summed E-state index contributed by atoms with van der Waals surface area (Å²) in [5.41, 5.74) is 9.95. The summed E-state index contributed by atoms with van der Waals surface area (Å²) < 4.78 is 12.9. The molecule has 11 rings (SSSR count). The molecule has 7 aromatic carbocycles. The monoisotopic (exact) mass is 693 g/mol. The van der Waals surface area contributed by atoms with Crippen molar-refractivity contribution in [3.63, 3.8) is 0 Å². The molecule has 0 spiro atoms. The second-order valence-electron chi connectivity index (χ2n) is 13.9. The molecular weight excluding hydrogens is 663 g/mol. The number of hydrogen-bond donors (Lipinski definition) is 0. The highest BCUT2D eigenvalue weighted by Crippen LogP contribution is 2.48. The molecule has 2 aliphatic rings. The fraction of sp³-hybridized carbons (Fsp3) is 0.0408. The zero-order valence-corrected chi connectivity index (χ0v) is 29.1. The fourth-order valence-electron chi connectivity index (χ4n) is 8.06. The zero-order chi connectivity index (χ0) is 35.6. The number of para-hydroxylation sites is 1. The van der Waals surface area contributed by atoms with E-state index in [2.05, 4.69) is 133 Å². The maximum Gasteiger partial charge on any atom is 0.164 e. The van der Waals surface area contributed by atoms with E-state index in [4.69, 9.17) is 24.1 Å². The summed E-state index contributed by atoms with van der Waals surface area (Å²) in [6.07, 6.45) is 8.41. The van der Waals surface area contributed by atoms with Crippen LogP contribution in [0.1, 0.15) is 11.5 Å².